The molecule has 0 N–H and O–H groups in total. The summed E-state index contributed by atoms with van der Waals surface area (Å²) in [5.41, 5.74) is -1.55. The molecule has 0 amide bonds. The molecule has 0 aliphatic heterocycles. The molecule has 27 heavy (non-hydrogen) atoms. The van der Waals surface area contributed by atoms with Crippen molar-refractivity contribution in [3.8, 4) is 0 Å². The molecule has 0 bridgehead atoms. The van der Waals surface area contributed by atoms with Crippen molar-refractivity contribution in [1.82, 2.24) is 5.16 Å². The van der Waals surface area contributed by atoms with Crippen molar-refractivity contribution < 1.29 is 27.4 Å². The zero-order chi connectivity index (χ0) is 19.6. The normalized spacial score (nSPS) is 11.4. The van der Waals surface area contributed by atoms with Crippen LogP contribution in [-0.4, -0.2) is 15.9 Å². The van der Waals surface area contributed by atoms with E-state index in [1.54, 1.807) is 18.2 Å². The van der Waals surface area contributed by atoms with E-state index in [0.717, 1.165) is 11.6 Å². The lowest BCUT2D eigenvalue weighted by molar-refractivity contribution is -0.385. The van der Waals surface area contributed by atoms with Crippen molar-refractivity contribution >= 4 is 11.5 Å². The molecular formula is C18H11F3N2O4. The van der Waals surface area contributed by atoms with Crippen molar-refractivity contribution in [2.24, 2.45) is 0 Å². The minimum atomic E-state index is -4.74. The number of alkyl halides is 3. The topological polar surface area (TPSA) is 86.2 Å². The van der Waals surface area contributed by atoms with Crippen LogP contribution in [0, 0.1) is 10.1 Å². The van der Waals surface area contributed by atoms with E-state index in [4.69, 9.17) is 4.52 Å². The molecule has 0 unspecified atom stereocenters. The largest absolute Gasteiger partial charge is 0.416 e. The van der Waals surface area contributed by atoms with Crippen molar-refractivity contribution in [2.45, 2.75) is 12.6 Å². The molecule has 6 nitrogen and oxygen atoms in total. The van der Waals surface area contributed by atoms with E-state index in [2.05, 4.69) is 5.16 Å². The number of benzene rings is 2. The highest BCUT2D eigenvalue weighted by Crippen LogP contribution is 2.33. The average molecular weight is 376 g/mol. The lowest BCUT2D eigenvalue weighted by Gasteiger charge is -2.09. The van der Waals surface area contributed by atoms with Crippen LogP contribution in [0.2, 0.25) is 0 Å². The van der Waals surface area contributed by atoms with Crippen molar-refractivity contribution in [3.63, 3.8) is 0 Å². The van der Waals surface area contributed by atoms with Gasteiger partial charge in [-0.05, 0) is 17.7 Å². The third-order valence-corrected chi connectivity index (χ3v) is 3.85. The van der Waals surface area contributed by atoms with E-state index in [-0.39, 0.29) is 5.56 Å². The van der Waals surface area contributed by atoms with E-state index >= 15 is 0 Å². The second kappa shape index (κ2) is 7.02. The number of ketones is 1. The number of aromatic nitrogens is 1. The number of halogens is 3. The summed E-state index contributed by atoms with van der Waals surface area (Å²) in [6, 6.07) is 9.70. The van der Waals surface area contributed by atoms with Crippen molar-refractivity contribution in [2.75, 3.05) is 0 Å². The predicted molar refractivity (Wildman–Crippen MR) is 87.3 cm³/mol. The summed E-state index contributed by atoms with van der Waals surface area (Å²) in [5, 5.41) is 14.7. The fourth-order valence-electron chi connectivity index (χ4n) is 2.52. The van der Waals surface area contributed by atoms with Crippen LogP contribution in [0.15, 0.2) is 59.3 Å². The average Bonchev–Trinajstić information content (AvgIpc) is 3.13. The highest BCUT2D eigenvalue weighted by Gasteiger charge is 2.34. The summed E-state index contributed by atoms with van der Waals surface area (Å²) in [5.74, 6) is -0.117. The van der Waals surface area contributed by atoms with Gasteiger partial charge in [0.2, 0.25) is 0 Å². The van der Waals surface area contributed by atoms with Gasteiger partial charge in [0, 0.05) is 24.1 Å². The number of nitrogens with zero attached hydrogens (tertiary/aromatic N) is 2. The zero-order valence-electron chi connectivity index (χ0n) is 13.6. The Balaban J connectivity index is 1.90. The molecule has 9 heteroatoms. The monoisotopic (exact) mass is 376 g/mol. The first-order chi connectivity index (χ1) is 12.8. The SMILES string of the molecule is O=C(c1ccc(Cc2ccno2)cc1)c1ccc(C(F)(F)F)cc1[N+](=O)[O-]. The quantitative estimate of drug-likeness (QED) is 0.374. The summed E-state index contributed by atoms with van der Waals surface area (Å²) in [6.07, 6.45) is -2.80. The van der Waals surface area contributed by atoms with Crippen LogP contribution in [0.4, 0.5) is 18.9 Å². The first-order valence-corrected chi connectivity index (χ1v) is 7.64. The van der Waals surface area contributed by atoms with Crippen molar-refractivity contribution in [3.05, 3.63) is 92.9 Å². The maximum Gasteiger partial charge on any atom is 0.416 e. The number of hydrogen-bond acceptors (Lipinski definition) is 5. The van der Waals surface area contributed by atoms with Crippen LogP contribution >= 0.6 is 0 Å². The molecule has 0 saturated heterocycles. The summed E-state index contributed by atoms with van der Waals surface area (Å²) in [7, 11) is 0. The molecule has 1 heterocycles. The minimum absolute atomic E-state index is 0.124. The van der Waals surface area contributed by atoms with E-state index in [9.17, 15) is 28.1 Å². The first-order valence-electron chi connectivity index (χ1n) is 7.64. The van der Waals surface area contributed by atoms with Gasteiger partial charge in [-0.3, -0.25) is 14.9 Å². The summed E-state index contributed by atoms with van der Waals surface area (Å²) >= 11 is 0. The van der Waals surface area contributed by atoms with Crippen molar-refractivity contribution in [1.29, 1.82) is 0 Å². The zero-order valence-corrected chi connectivity index (χ0v) is 13.6. The molecule has 0 spiro atoms. The first kappa shape index (κ1) is 18.3. The Hall–Kier alpha value is -3.49. The summed E-state index contributed by atoms with van der Waals surface area (Å²) in [4.78, 5) is 22.7. The van der Waals surface area contributed by atoms with E-state index < -0.39 is 33.7 Å². The van der Waals surface area contributed by atoms with E-state index in [1.165, 1.54) is 18.3 Å². The van der Waals surface area contributed by atoms with Crippen LogP contribution in [0.3, 0.4) is 0 Å². The van der Waals surface area contributed by atoms with Gasteiger partial charge >= 0.3 is 6.18 Å². The Morgan fingerprint density at radius 1 is 1.11 bits per heavy atom. The van der Waals surface area contributed by atoms with Gasteiger partial charge in [-0.1, -0.05) is 29.4 Å². The molecule has 1 aromatic heterocycles. The Kier molecular flexibility index (Phi) is 4.76. The van der Waals surface area contributed by atoms with E-state index in [0.29, 0.717) is 24.3 Å². The predicted octanol–water partition coefficient (Wildman–Crippen LogP) is 4.42. The van der Waals surface area contributed by atoms with Crippen LogP contribution < -0.4 is 0 Å². The Morgan fingerprint density at radius 2 is 1.81 bits per heavy atom. The van der Waals surface area contributed by atoms with Crippen LogP contribution in [0.5, 0.6) is 0 Å². The lowest BCUT2D eigenvalue weighted by Crippen LogP contribution is -2.10. The number of carbonyl (C=O) groups excluding carboxylic acids is 1. The van der Waals surface area contributed by atoms with Gasteiger partial charge in [0.25, 0.3) is 5.69 Å². The number of nitro benzene ring substituents is 1. The lowest BCUT2D eigenvalue weighted by atomic mass is 9.98. The smallest absolute Gasteiger partial charge is 0.361 e. The summed E-state index contributed by atoms with van der Waals surface area (Å²) in [6.45, 7) is 0. The number of hydrogen-bond donors (Lipinski definition) is 0. The Morgan fingerprint density at radius 3 is 2.37 bits per heavy atom. The molecule has 0 fully saturated rings. The van der Waals surface area contributed by atoms with Gasteiger partial charge in [-0.15, -0.1) is 0 Å². The van der Waals surface area contributed by atoms with Gasteiger partial charge in [0.05, 0.1) is 16.7 Å². The number of rotatable bonds is 5. The molecule has 2 aromatic carbocycles. The molecule has 0 saturated carbocycles. The maximum absolute atomic E-state index is 12.8. The Labute approximate surface area is 150 Å². The van der Waals surface area contributed by atoms with Gasteiger partial charge < -0.3 is 4.52 Å². The molecular weight excluding hydrogens is 365 g/mol. The van der Waals surface area contributed by atoms with E-state index in [1.807, 2.05) is 0 Å². The molecule has 3 rings (SSSR count). The molecule has 3 aromatic rings. The molecule has 0 aliphatic carbocycles. The number of carbonyl (C=O) groups is 1. The fourth-order valence-corrected chi connectivity index (χ4v) is 2.52. The van der Waals surface area contributed by atoms with Gasteiger partial charge in [-0.2, -0.15) is 13.2 Å². The summed E-state index contributed by atoms with van der Waals surface area (Å²) < 4.78 is 43.3. The molecule has 0 atom stereocenters. The molecule has 0 aliphatic rings. The second-order valence-electron chi connectivity index (χ2n) is 5.67. The van der Waals surface area contributed by atoms with Gasteiger partial charge in [0.1, 0.15) is 11.3 Å². The second-order valence-corrected chi connectivity index (χ2v) is 5.67. The standard InChI is InChI=1S/C18H11F3N2O4/c19-18(20,21)13-5-6-15(16(10-13)23(25)26)17(24)12-3-1-11(2-4-12)9-14-7-8-22-27-14/h1-8,10H,9H2. The molecule has 0 radical (unpaired) electrons. The van der Waals surface area contributed by atoms with Crippen LogP contribution in [0.1, 0.15) is 32.8 Å². The fraction of sp³-hybridized carbons (Fsp3) is 0.111. The minimum Gasteiger partial charge on any atom is -0.361 e. The van der Waals surface area contributed by atoms with Crippen LogP contribution in [0.25, 0.3) is 0 Å². The third-order valence-electron chi connectivity index (χ3n) is 3.85. The Bertz CT molecular complexity index is 981. The van der Waals surface area contributed by atoms with Gasteiger partial charge in [0.15, 0.2) is 5.78 Å². The highest BCUT2D eigenvalue weighted by molar-refractivity contribution is 6.11. The van der Waals surface area contributed by atoms with Crippen LogP contribution in [-0.2, 0) is 12.6 Å². The third kappa shape index (κ3) is 4.02. The highest BCUT2D eigenvalue weighted by atomic mass is 19.4. The molecule has 138 valence electrons. The van der Waals surface area contributed by atoms with Gasteiger partial charge in [-0.25, -0.2) is 0 Å². The number of nitro groups is 1. The maximum atomic E-state index is 12.8.